The highest BCUT2D eigenvalue weighted by molar-refractivity contribution is 9.10. The first kappa shape index (κ1) is 15.6. The molecule has 1 nitrogen and oxygen atoms in total. The quantitative estimate of drug-likeness (QED) is 0.706. The first-order chi connectivity index (χ1) is 9.61. The predicted molar refractivity (Wildman–Crippen MR) is 90.2 cm³/mol. The van der Waals surface area contributed by atoms with Crippen LogP contribution in [0.2, 0.25) is 5.02 Å². The van der Waals surface area contributed by atoms with Crippen LogP contribution in [0.3, 0.4) is 0 Å². The van der Waals surface area contributed by atoms with Gasteiger partial charge in [-0.2, -0.15) is 0 Å². The third-order valence-corrected chi connectivity index (χ3v) is 4.44. The Bertz CT molecular complexity index is 570. The van der Waals surface area contributed by atoms with Crippen molar-refractivity contribution in [1.29, 1.82) is 0 Å². The Hall–Kier alpha value is -0.830. The van der Waals surface area contributed by atoms with Crippen molar-refractivity contribution in [2.45, 2.75) is 32.4 Å². The summed E-state index contributed by atoms with van der Waals surface area (Å²) >= 11 is 9.70. The first-order valence-electron chi connectivity index (χ1n) is 6.87. The summed E-state index contributed by atoms with van der Waals surface area (Å²) in [6.07, 6.45) is 1.02. The van der Waals surface area contributed by atoms with Crippen molar-refractivity contribution in [3.8, 4) is 0 Å². The molecule has 0 spiro atoms. The molecule has 3 heteroatoms. The Morgan fingerprint density at radius 1 is 1.15 bits per heavy atom. The zero-order valence-corrected chi connectivity index (χ0v) is 14.1. The van der Waals surface area contributed by atoms with Gasteiger partial charge < -0.3 is 5.32 Å². The van der Waals surface area contributed by atoms with Gasteiger partial charge in [0.05, 0.1) is 0 Å². The molecule has 0 radical (unpaired) electrons. The Kier molecular flexibility index (Phi) is 5.64. The highest BCUT2D eigenvalue weighted by Crippen LogP contribution is 2.27. The lowest BCUT2D eigenvalue weighted by atomic mass is 10.0. The third kappa shape index (κ3) is 3.85. The van der Waals surface area contributed by atoms with E-state index in [0.717, 1.165) is 15.9 Å². The van der Waals surface area contributed by atoms with E-state index in [9.17, 15) is 0 Å². The standard InChI is InChI=1S/C17H19BrClN/c1-3-17(13-7-6-8-14(19)11-13)20-12(2)15-9-4-5-10-16(15)18/h4-12,17,20H,3H2,1-2H3/t12-,17?/m1/s1. The minimum atomic E-state index is 0.273. The molecule has 0 amide bonds. The minimum absolute atomic E-state index is 0.273. The number of hydrogen-bond acceptors (Lipinski definition) is 1. The predicted octanol–water partition coefficient (Wildman–Crippen LogP) is 5.90. The van der Waals surface area contributed by atoms with Crippen molar-refractivity contribution in [1.82, 2.24) is 5.32 Å². The van der Waals surface area contributed by atoms with Crippen LogP contribution < -0.4 is 5.32 Å². The van der Waals surface area contributed by atoms with Crippen LogP contribution in [0.5, 0.6) is 0 Å². The largest absolute Gasteiger partial charge is 0.303 e. The van der Waals surface area contributed by atoms with Gasteiger partial charge in [0.15, 0.2) is 0 Å². The van der Waals surface area contributed by atoms with E-state index in [1.165, 1.54) is 11.1 Å². The topological polar surface area (TPSA) is 12.0 Å². The van der Waals surface area contributed by atoms with Gasteiger partial charge in [-0.1, -0.05) is 64.8 Å². The second kappa shape index (κ2) is 7.26. The fourth-order valence-electron chi connectivity index (χ4n) is 2.39. The van der Waals surface area contributed by atoms with E-state index >= 15 is 0 Å². The zero-order valence-electron chi connectivity index (χ0n) is 11.7. The Morgan fingerprint density at radius 3 is 2.55 bits per heavy atom. The lowest BCUT2D eigenvalue weighted by Gasteiger charge is -2.24. The minimum Gasteiger partial charge on any atom is -0.303 e. The average Bonchev–Trinajstić information content (AvgIpc) is 2.45. The molecule has 0 heterocycles. The first-order valence-corrected chi connectivity index (χ1v) is 8.05. The maximum Gasteiger partial charge on any atom is 0.0409 e. The zero-order chi connectivity index (χ0) is 14.5. The fourth-order valence-corrected chi connectivity index (χ4v) is 3.22. The van der Waals surface area contributed by atoms with Crippen LogP contribution in [-0.2, 0) is 0 Å². The summed E-state index contributed by atoms with van der Waals surface area (Å²) in [5.41, 5.74) is 2.51. The monoisotopic (exact) mass is 351 g/mol. The van der Waals surface area contributed by atoms with Crippen LogP contribution in [-0.4, -0.2) is 0 Å². The lowest BCUT2D eigenvalue weighted by molar-refractivity contribution is 0.455. The summed E-state index contributed by atoms with van der Waals surface area (Å²) < 4.78 is 1.14. The molecule has 0 fully saturated rings. The summed E-state index contributed by atoms with van der Waals surface area (Å²) in [7, 11) is 0. The van der Waals surface area contributed by atoms with E-state index in [1.54, 1.807) is 0 Å². The molecule has 2 aromatic carbocycles. The number of halogens is 2. The molecule has 0 aliphatic carbocycles. The van der Waals surface area contributed by atoms with Crippen molar-refractivity contribution in [2.24, 2.45) is 0 Å². The molecule has 0 aliphatic rings. The highest BCUT2D eigenvalue weighted by atomic mass is 79.9. The van der Waals surface area contributed by atoms with Crippen LogP contribution in [0.15, 0.2) is 53.0 Å². The normalized spacial score (nSPS) is 14.0. The van der Waals surface area contributed by atoms with Gasteiger partial charge in [-0.25, -0.2) is 0 Å². The Morgan fingerprint density at radius 2 is 1.90 bits per heavy atom. The van der Waals surface area contributed by atoms with Gasteiger partial charge in [0.1, 0.15) is 0 Å². The van der Waals surface area contributed by atoms with Crippen LogP contribution >= 0.6 is 27.5 Å². The molecular formula is C17H19BrClN. The van der Waals surface area contributed by atoms with Gasteiger partial charge in [-0.3, -0.25) is 0 Å². The van der Waals surface area contributed by atoms with Crippen molar-refractivity contribution in [3.63, 3.8) is 0 Å². The summed E-state index contributed by atoms with van der Waals surface area (Å²) in [4.78, 5) is 0. The maximum absolute atomic E-state index is 6.09. The molecule has 0 saturated carbocycles. The number of nitrogens with one attached hydrogen (secondary N) is 1. The van der Waals surface area contributed by atoms with E-state index in [2.05, 4.69) is 59.4 Å². The van der Waals surface area contributed by atoms with E-state index < -0.39 is 0 Å². The molecule has 0 saturated heterocycles. The molecule has 0 aliphatic heterocycles. The maximum atomic E-state index is 6.09. The van der Waals surface area contributed by atoms with E-state index in [-0.39, 0.29) is 6.04 Å². The Labute approximate surface area is 134 Å². The van der Waals surface area contributed by atoms with Gasteiger partial charge in [0, 0.05) is 21.6 Å². The molecule has 1 unspecified atom stereocenters. The van der Waals surface area contributed by atoms with Crippen molar-refractivity contribution >= 4 is 27.5 Å². The van der Waals surface area contributed by atoms with Crippen LogP contribution in [0.1, 0.15) is 43.5 Å². The van der Waals surface area contributed by atoms with Crippen molar-refractivity contribution in [2.75, 3.05) is 0 Å². The van der Waals surface area contributed by atoms with E-state index in [4.69, 9.17) is 11.6 Å². The molecule has 106 valence electrons. The molecule has 2 aromatic rings. The fraction of sp³-hybridized carbons (Fsp3) is 0.294. The molecule has 0 aromatic heterocycles. The van der Waals surface area contributed by atoms with E-state index in [1.807, 2.05) is 24.3 Å². The van der Waals surface area contributed by atoms with Crippen molar-refractivity contribution < 1.29 is 0 Å². The van der Waals surface area contributed by atoms with Crippen LogP contribution in [0, 0.1) is 0 Å². The van der Waals surface area contributed by atoms with Gasteiger partial charge in [-0.15, -0.1) is 0 Å². The van der Waals surface area contributed by atoms with Gasteiger partial charge in [0.25, 0.3) is 0 Å². The second-order valence-electron chi connectivity index (χ2n) is 4.93. The van der Waals surface area contributed by atoms with Gasteiger partial charge in [-0.05, 0) is 42.7 Å². The molecule has 2 atom stereocenters. The summed E-state index contributed by atoms with van der Waals surface area (Å²) in [6, 6.07) is 17.0. The van der Waals surface area contributed by atoms with Crippen LogP contribution in [0.4, 0.5) is 0 Å². The Balaban J connectivity index is 2.16. The average molecular weight is 353 g/mol. The number of rotatable bonds is 5. The van der Waals surface area contributed by atoms with Gasteiger partial charge >= 0.3 is 0 Å². The number of hydrogen-bond donors (Lipinski definition) is 1. The third-order valence-electron chi connectivity index (χ3n) is 3.48. The van der Waals surface area contributed by atoms with Crippen LogP contribution in [0.25, 0.3) is 0 Å². The summed E-state index contributed by atoms with van der Waals surface area (Å²) in [6.45, 7) is 4.37. The second-order valence-corrected chi connectivity index (χ2v) is 6.22. The molecule has 2 rings (SSSR count). The summed E-state index contributed by atoms with van der Waals surface area (Å²) in [5, 5.41) is 4.47. The van der Waals surface area contributed by atoms with Gasteiger partial charge in [0.2, 0.25) is 0 Å². The molecular weight excluding hydrogens is 334 g/mol. The summed E-state index contributed by atoms with van der Waals surface area (Å²) in [5.74, 6) is 0. The highest BCUT2D eigenvalue weighted by Gasteiger charge is 2.15. The molecule has 1 N–H and O–H groups in total. The smallest absolute Gasteiger partial charge is 0.0409 e. The van der Waals surface area contributed by atoms with E-state index in [0.29, 0.717) is 6.04 Å². The SMILES string of the molecule is CCC(N[C@H](C)c1ccccc1Br)c1cccc(Cl)c1. The lowest BCUT2D eigenvalue weighted by Crippen LogP contribution is -2.24. The number of benzene rings is 2. The molecule has 0 bridgehead atoms. The molecule has 20 heavy (non-hydrogen) atoms. The van der Waals surface area contributed by atoms with Crippen molar-refractivity contribution in [3.05, 3.63) is 69.2 Å².